The molecule has 12 heavy (non-hydrogen) atoms. The van der Waals surface area contributed by atoms with Crippen LogP contribution in [0.4, 0.5) is 0 Å². The number of aliphatic carboxylic acids is 2. The predicted molar refractivity (Wildman–Crippen MR) is 42.0 cm³/mol. The molecule has 0 aliphatic rings. The van der Waals surface area contributed by atoms with Gasteiger partial charge in [0.1, 0.15) is 0 Å². The van der Waals surface area contributed by atoms with Crippen LogP contribution in [0, 0.1) is 0 Å². The molecule has 0 spiro atoms. The molecule has 5 nitrogen and oxygen atoms in total. The molecule has 0 fully saturated rings. The first-order chi connectivity index (χ1) is 5.14. The van der Waals surface area contributed by atoms with Gasteiger partial charge in [0.2, 0.25) is 0 Å². The van der Waals surface area contributed by atoms with Gasteiger partial charge in [-0.2, -0.15) is 0 Å². The average Bonchev–Trinajstić information content (AvgIpc) is 2.41. The van der Waals surface area contributed by atoms with E-state index >= 15 is 0 Å². The van der Waals surface area contributed by atoms with Crippen molar-refractivity contribution >= 4 is 49.7 Å². The van der Waals surface area contributed by atoms with Gasteiger partial charge < -0.3 is 17.5 Å². The van der Waals surface area contributed by atoms with Gasteiger partial charge in [-0.1, -0.05) is 0 Å². The van der Waals surface area contributed by atoms with Gasteiger partial charge in [-0.15, -0.1) is 0 Å². The number of furan rings is 1. The fraction of sp³-hybridized carbons (Fsp3) is 0. The summed E-state index contributed by atoms with van der Waals surface area (Å²) in [5, 5.41) is 14.8. The monoisotopic (exact) mass is 200 g/mol. The summed E-state index contributed by atoms with van der Waals surface area (Å²) < 4.78 is 4.58. The zero-order chi connectivity index (χ0) is 8.69. The fourth-order valence-electron chi connectivity index (χ4n) is 0.227. The molecule has 0 atom stereocenters. The molecule has 1 aromatic heterocycles. The van der Waals surface area contributed by atoms with Crippen LogP contribution >= 0.6 is 0 Å². The maximum atomic E-state index is 9.10. The molecular weight excluding hydrogens is 192 g/mol. The van der Waals surface area contributed by atoms with Crippen molar-refractivity contribution in [2.75, 3.05) is 0 Å². The molecule has 64 valence electrons. The third-order valence-corrected chi connectivity index (χ3v) is 0.608. The first-order valence-electron chi connectivity index (χ1n) is 2.58. The van der Waals surface area contributed by atoms with Crippen LogP contribution in [-0.2, 0) is 9.59 Å². The Labute approximate surface area is 101 Å². The topological polar surface area (TPSA) is 87.7 Å². The van der Waals surface area contributed by atoms with Crippen molar-refractivity contribution in [3.63, 3.8) is 0 Å². The van der Waals surface area contributed by atoms with E-state index in [1.165, 1.54) is 0 Å². The number of hydrogen-bond donors (Lipinski definition) is 2. The third kappa shape index (κ3) is 9.48. The molecule has 2 N–H and O–H groups in total. The van der Waals surface area contributed by atoms with E-state index < -0.39 is 11.9 Å². The Morgan fingerprint density at radius 3 is 1.50 bits per heavy atom. The number of carbonyl (C=O) groups is 2. The van der Waals surface area contributed by atoms with Gasteiger partial charge in [0, 0.05) is 0 Å². The van der Waals surface area contributed by atoms with Gasteiger partial charge in [-0.3, -0.25) is 0 Å². The van der Waals surface area contributed by atoms with Crippen molar-refractivity contribution in [2.24, 2.45) is 0 Å². The molecule has 0 amide bonds. The van der Waals surface area contributed by atoms with Gasteiger partial charge in [-0.25, -0.2) is 9.59 Å². The smallest absolute Gasteiger partial charge is 1.00 e. The van der Waals surface area contributed by atoms with Crippen molar-refractivity contribution in [1.29, 1.82) is 0 Å². The molecule has 1 aromatic rings. The summed E-state index contributed by atoms with van der Waals surface area (Å²) in [5.74, 6) is -3.65. The maximum Gasteiger partial charge on any atom is 2.00 e. The van der Waals surface area contributed by atoms with Crippen molar-refractivity contribution in [3.05, 3.63) is 24.7 Å². The second-order valence-electron chi connectivity index (χ2n) is 1.40. The van der Waals surface area contributed by atoms with Crippen LogP contribution in [0.1, 0.15) is 2.85 Å². The Morgan fingerprint density at radius 2 is 1.42 bits per heavy atom. The summed E-state index contributed by atoms with van der Waals surface area (Å²) in [6.45, 7) is 0. The minimum atomic E-state index is -1.82. The summed E-state index contributed by atoms with van der Waals surface area (Å²) >= 11 is 0. The summed E-state index contributed by atoms with van der Waals surface area (Å²) in [4.78, 5) is 18.2. The molecule has 0 bridgehead atoms. The van der Waals surface area contributed by atoms with Crippen LogP contribution in [0.3, 0.4) is 0 Å². The van der Waals surface area contributed by atoms with Gasteiger partial charge in [0.25, 0.3) is 0 Å². The zero-order valence-electron chi connectivity index (χ0n) is 8.14. The summed E-state index contributed by atoms with van der Waals surface area (Å²) in [7, 11) is 0. The molecule has 1 heterocycles. The molecule has 0 aliphatic carbocycles. The molecule has 0 saturated carbocycles. The molecule has 0 aromatic carbocycles. The quantitative estimate of drug-likeness (QED) is 0.464. The minimum Gasteiger partial charge on any atom is -1.00 e. The summed E-state index contributed by atoms with van der Waals surface area (Å²) in [6.07, 6.45) is 3.25. The van der Waals surface area contributed by atoms with E-state index in [-0.39, 0.29) is 40.6 Å². The first-order valence-corrected chi connectivity index (χ1v) is 2.58. The Bertz CT molecular complexity index is 197. The van der Waals surface area contributed by atoms with Crippen LogP contribution < -0.4 is 0 Å². The van der Waals surface area contributed by atoms with E-state index in [0.717, 1.165) is 0 Å². The Hall–Kier alpha value is -0.520. The van der Waals surface area contributed by atoms with Gasteiger partial charge in [0.15, 0.2) is 0 Å². The van der Waals surface area contributed by atoms with E-state index in [1.54, 1.807) is 12.5 Å². The third-order valence-electron chi connectivity index (χ3n) is 0.608. The van der Waals surface area contributed by atoms with Crippen molar-refractivity contribution < 1.29 is 27.1 Å². The molecule has 6 heteroatoms. The second-order valence-corrected chi connectivity index (χ2v) is 1.40. The summed E-state index contributed by atoms with van der Waals surface area (Å²) in [5.41, 5.74) is 0. The predicted octanol–water partition coefficient (Wildman–Crippen LogP) is 0.279. The summed E-state index contributed by atoms with van der Waals surface area (Å²) in [6, 6.07) is 3.67. The van der Waals surface area contributed by atoms with E-state index in [2.05, 4.69) is 4.42 Å². The van der Waals surface area contributed by atoms with Crippen molar-refractivity contribution in [1.82, 2.24) is 0 Å². The van der Waals surface area contributed by atoms with Gasteiger partial charge >= 0.3 is 49.7 Å². The number of rotatable bonds is 0. The van der Waals surface area contributed by atoms with Crippen molar-refractivity contribution in [3.8, 4) is 0 Å². The van der Waals surface area contributed by atoms with Crippen LogP contribution in [0.5, 0.6) is 0 Å². The largest absolute Gasteiger partial charge is 2.00 e. The minimum absolute atomic E-state index is 0. The fourth-order valence-corrected chi connectivity index (χ4v) is 0.227. The Morgan fingerprint density at radius 1 is 1.08 bits per heavy atom. The molecule has 0 aliphatic heterocycles. The zero-order valence-corrected chi connectivity index (χ0v) is 8.34. The molecule has 0 unspecified atom stereocenters. The SMILES string of the molecule is O=C(O)C(=O)O.[Ca+2].[H-].[H-].c1ccoc1. The van der Waals surface area contributed by atoms with Crippen LogP contribution in [0.25, 0.3) is 0 Å². The van der Waals surface area contributed by atoms with E-state index in [1.807, 2.05) is 12.1 Å². The number of hydrogen-bond acceptors (Lipinski definition) is 3. The second kappa shape index (κ2) is 8.58. The first kappa shape index (κ1) is 14.0. The van der Waals surface area contributed by atoms with Gasteiger partial charge in [0.05, 0.1) is 12.5 Å². The van der Waals surface area contributed by atoms with E-state index in [4.69, 9.17) is 19.8 Å². The molecule has 0 saturated heterocycles. The van der Waals surface area contributed by atoms with Crippen LogP contribution in [-0.4, -0.2) is 59.9 Å². The molecular formula is C6H8CaO5. The van der Waals surface area contributed by atoms with Gasteiger partial charge in [-0.05, 0) is 12.1 Å². The molecule has 1 rings (SSSR count). The van der Waals surface area contributed by atoms with Crippen LogP contribution in [0.15, 0.2) is 29.1 Å². The standard InChI is InChI=1S/C4H4O.C2H2O4.Ca.2H/c1-2-4-5-3-1;3-1(4)2(5)6;;;/h1-4H;(H,3,4)(H,5,6);;;/q;;+2;2*-1. The van der Waals surface area contributed by atoms with Crippen LogP contribution in [0.2, 0.25) is 0 Å². The average molecular weight is 200 g/mol. The van der Waals surface area contributed by atoms with E-state index in [0.29, 0.717) is 0 Å². The maximum absolute atomic E-state index is 9.10. The van der Waals surface area contributed by atoms with Crippen molar-refractivity contribution in [2.45, 2.75) is 0 Å². The Kier molecular flexibility index (Phi) is 10.0. The Balaban J connectivity index is -0.0000000590. The normalized spacial score (nSPS) is 7.00. The molecule has 0 radical (unpaired) electrons. The number of carboxylic acid groups (broad SMARTS) is 2. The number of carboxylic acids is 2. The van der Waals surface area contributed by atoms with E-state index in [9.17, 15) is 0 Å².